The molecule has 1 aromatic heterocycles. The van der Waals surface area contributed by atoms with Crippen LogP contribution in [0.15, 0.2) is 18.2 Å². The third-order valence-corrected chi connectivity index (χ3v) is 3.91. The SMILES string of the molecule is CC(Cn1c(N)nc2cc(Cl)ccc21)C(C)(C)C. The lowest BCUT2D eigenvalue weighted by Crippen LogP contribution is -2.23. The van der Waals surface area contributed by atoms with Gasteiger partial charge in [-0.25, -0.2) is 4.98 Å². The molecule has 0 bridgehead atoms. The van der Waals surface area contributed by atoms with Crippen molar-refractivity contribution in [1.29, 1.82) is 0 Å². The summed E-state index contributed by atoms with van der Waals surface area (Å²) >= 11 is 5.97. The lowest BCUT2D eigenvalue weighted by molar-refractivity contribution is 0.236. The van der Waals surface area contributed by atoms with Gasteiger partial charge in [-0.05, 0) is 29.5 Å². The summed E-state index contributed by atoms with van der Waals surface area (Å²) in [5, 5.41) is 0.691. The van der Waals surface area contributed by atoms with Gasteiger partial charge >= 0.3 is 0 Å². The second-order valence-corrected chi connectivity index (χ2v) is 6.42. The number of hydrogen-bond donors (Lipinski definition) is 1. The predicted octanol–water partition coefficient (Wildman–Crippen LogP) is 3.95. The van der Waals surface area contributed by atoms with Gasteiger partial charge in [-0.3, -0.25) is 0 Å². The van der Waals surface area contributed by atoms with Gasteiger partial charge in [0.2, 0.25) is 5.95 Å². The topological polar surface area (TPSA) is 43.8 Å². The van der Waals surface area contributed by atoms with Crippen molar-refractivity contribution in [3.05, 3.63) is 23.2 Å². The maximum atomic E-state index is 6.00. The third kappa shape index (κ3) is 2.46. The van der Waals surface area contributed by atoms with E-state index in [4.69, 9.17) is 17.3 Å². The monoisotopic (exact) mass is 265 g/mol. The predicted molar refractivity (Wildman–Crippen MR) is 77.8 cm³/mol. The molecule has 1 heterocycles. The first kappa shape index (κ1) is 13.2. The summed E-state index contributed by atoms with van der Waals surface area (Å²) in [6.07, 6.45) is 0. The third-order valence-electron chi connectivity index (χ3n) is 3.67. The minimum Gasteiger partial charge on any atom is -0.369 e. The zero-order valence-electron chi connectivity index (χ0n) is 11.4. The standard InChI is InChI=1S/C14H20ClN3/c1-9(14(2,3)4)8-18-12-6-5-10(15)7-11(12)17-13(18)16/h5-7,9H,8H2,1-4H3,(H2,16,17). The Bertz CT molecular complexity index is 566. The molecule has 0 spiro atoms. The van der Waals surface area contributed by atoms with Gasteiger partial charge < -0.3 is 10.3 Å². The second-order valence-electron chi connectivity index (χ2n) is 5.98. The number of nitrogen functional groups attached to an aromatic ring is 1. The van der Waals surface area contributed by atoms with Gasteiger partial charge in [-0.1, -0.05) is 39.3 Å². The maximum Gasteiger partial charge on any atom is 0.201 e. The summed E-state index contributed by atoms with van der Waals surface area (Å²) in [4.78, 5) is 4.37. The van der Waals surface area contributed by atoms with Crippen LogP contribution in [0.4, 0.5) is 5.95 Å². The first-order valence-electron chi connectivity index (χ1n) is 6.20. The zero-order chi connectivity index (χ0) is 13.5. The number of benzene rings is 1. The van der Waals surface area contributed by atoms with Crippen LogP contribution in [0.25, 0.3) is 11.0 Å². The number of rotatable bonds is 2. The van der Waals surface area contributed by atoms with E-state index in [9.17, 15) is 0 Å². The maximum absolute atomic E-state index is 6.00. The van der Waals surface area contributed by atoms with Gasteiger partial charge in [-0.2, -0.15) is 0 Å². The van der Waals surface area contributed by atoms with Crippen LogP contribution in [-0.4, -0.2) is 9.55 Å². The molecule has 18 heavy (non-hydrogen) atoms. The number of aromatic nitrogens is 2. The Kier molecular flexibility index (Phi) is 3.28. The smallest absolute Gasteiger partial charge is 0.201 e. The van der Waals surface area contributed by atoms with Crippen LogP contribution in [-0.2, 0) is 6.54 Å². The molecule has 1 atom stereocenters. The molecule has 0 radical (unpaired) electrons. The molecular formula is C14H20ClN3. The van der Waals surface area contributed by atoms with Crippen LogP contribution < -0.4 is 5.73 Å². The molecule has 2 aromatic rings. The van der Waals surface area contributed by atoms with Crippen molar-refractivity contribution in [3.8, 4) is 0 Å². The van der Waals surface area contributed by atoms with Crippen molar-refractivity contribution in [2.24, 2.45) is 11.3 Å². The van der Waals surface area contributed by atoms with Crippen LogP contribution in [0.5, 0.6) is 0 Å². The lowest BCUT2D eigenvalue weighted by atomic mass is 9.82. The normalized spacial score (nSPS) is 14.1. The molecule has 0 aliphatic heterocycles. The number of halogens is 1. The second kappa shape index (κ2) is 4.47. The fraction of sp³-hybridized carbons (Fsp3) is 0.500. The number of nitrogens with two attached hydrogens (primary N) is 1. The highest BCUT2D eigenvalue weighted by Gasteiger charge is 2.22. The Morgan fingerprint density at radius 1 is 1.39 bits per heavy atom. The van der Waals surface area contributed by atoms with Gasteiger partial charge in [-0.15, -0.1) is 0 Å². The molecule has 2 rings (SSSR count). The van der Waals surface area contributed by atoms with E-state index in [1.807, 2.05) is 18.2 Å². The first-order valence-corrected chi connectivity index (χ1v) is 6.58. The van der Waals surface area contributed by atoms with Crippen LogP contribution in [0.2, 0.25) is 5.02 Å². The average molecular weight is 266 g/mol. The first-order chi connectivity index (χ1) is 8.29. The van der Waals surface area contributed by atoms with Crippen molar-refractivity contribution in [2.45, 2.75) is 34.2 Å². The van der Waals surface area contributed by atoms with Gasteiger partial charge in [0.15, 0.2) is 0 Å². The molecule has 0 aliphatic rings. The van der Waals surface area contributed by atoms with Gasteiger partial charge in [0.25, 0.3) is 0 Å². The summed E-state index contributed by atoms with van der Waals surface area (Å²) < 4.78 is 2.07. The molecule has 98 valence electrons. The Morgan fingerprint density at radius 2 is 2.06 bits per heavy atom. The fourth-order valence-corrected chi connectivity index (χ4v) is 2.03. The Balaban J connectivity index is 2.42. The Labute approximate surface area is 113 Å². The van der Waals surface area contributed by atoms with E-state index in [-0.39, 0.29) is 5.41 Å². The van der Waals surface area contributed by atoms with E-state index in [0.717, 1.165) is 17.6 Å². The summed E-state index contributed by atoms with van der Waals surface area (Å²) in [6.45, 7) is 9.83. The molecule has 4 heteroatoms. The Hall–Kier alpha value is -1.22. The molecule has 0 saturated heterocycles. The molecule has 0 amide bonds. The van der Waals surface area contributed by atoms with E-state index >= 15 is 0 Å². The van der Waals surface area contributed by atoms with E-state index < -0.39 is 0 Å². The highest BCUT2D eigenvalue weighted by molar-refractivity contribution is 6.31. The molecule has 0 aliphatic carbocycles. The molecule has 3 nitrogen and oxygen atoms in total. The molecule has 2 N–H and O–H groups in total. The van der Waals surface area contributed by atoms with E-state index in [1.165, 1.54) is 0 Å². The average Bonchev–Trinajstić information content (AvgIpc) is 2.53. The lowest BCUT2D eigenvalue weighted by Gasteiger charge is -2.28. The van der Waals surface area contributed by atoms with Gasteiger partial charge in [0.05, 0.1) is 11.0 Å². The van der Waals surface area contributed by atoms with Gasteiger partial charge in [0, 0.05) is 11.6 Å². The van der Waals surface area contributed by atoms with Crippen LogP contribution >= 0.6 is 11.6 Å². The molecule has 1 aromatic carbocycles. The summed E-state index contributed by atoms with van der Waals surface area (Å²) in [5.41, 5.74) is 8.16. The zero-order valence-corrected chi connectivity index (χ0v) is 12.1. The van der Waals surface area contributed by atoms with Crippen molar-refractivity contribution in [1.82, 2.24) is 9.55 Å². The van der Waals surface area contributed by atoms with Crippen LogP contribution in [0.1, 0.15) is 27.7 Å². The quantitative estimate of drug-likeness (QED) is 0.893. The van der Waals surface area contributed by atoms with Crippen LogP contribution in [0.3, 0.4) is 0 Å². The van der Waals surface area contributed by atoms with Crippen molar-refractivity contribution in [2.75, 3.05) is 5.73 Å². The van der Waals surface area contributed by atoms with E-state index in [0.29, 0.717) is 16.9 Å². The minimum absolute atomic E-state index is 0.245. The summed E-state index contributed by atoms with van der Waals surface area (Å²) in [5.74, 6) is 1.07. The van der Waals surface area contributed by atoms with Crippen molar-refractivity contribution in [3.63, 3.8) is 0 Å². The van der Waals surface area contributed by atoms with Crippen molar-refractivity contribution >= 4 is 28.6 Å². The highest BCUT2D eigenvalue weighted by Crippen LogP contribution is 2.29. The largest absolute Gasteiger partial charge is 0.369 e. The van der Waals surface area contributed by atoms with E-state index in [2.05, 4.69) is 37.2 Å². The summed E-state index contributed by atoms with van der Waals surface area (Å²) in [7, 11) is 0. The number of imidazole rings is 1. The highest BCUT2D eigenvalue weighted by atomic mass is 35.5. The van der Waals surface area contributed by atoms with Crippen LogP contribution in [0, 0.1) is 11.3 Å². The number of fused-ring (bicyclic) bond motifs is 1. The minimum atomic E-state index is 0.245. The molecule has 0 saturated carbocycles. The summed E-state index contributed by atoms with van der Waals surface area (Å²) in [6, 6.07) is 5.71. The molecule has 1 unspecified atom stereocenters. The molecular weight excluding hydrogens is 246 g/mol. The van der Waals surface area contributed by atoms with E-state index in [1.54, 1.807) is 0 Å². The number of anilines is 1. The van der Waals surface area contributed by atoms with Crippen molar-refractivity contribution < 1.29 is 0 Å². The molecule has 0 fully saturated rings. The van der Waals surface area contributed by atoms with Gasteiger partial charge in [0.1, 0.15) is 0 Å². The fourth-order valence-electron chi connectivity index (χ4n) is 1.86. The Morgan fingerprint density at radius 3 is 2.67 bits per heavy atom. The number of hydrogen-bond acceptors (Lipinski definition) is 2. The number of nitrogens with zero attached hydrogens (tertiary/aromatic N) is 2.